The molecular weight excluding hydrogens is 1220 g/mol. The fraction of sp³-hybridized carbons (Fsp3) is 0.508. The van der Waals surface area contributed by atoms with E-state index in [1.807, 2.05) is 20.8 Å². The first-order chi connectivity index (χ1) is 41.9. The molecule has 2 aliphatic heterocycles. The van der Waals surface area contributed by atoms with Gasteiger partial charge in [-0.3, -0.25) is 19.2 Å². The minimum atomic E-state index is -3.15. The highest BCUT2D eigenvalue weighted by Gasteiger charge is 2.35. The summed E-state index contributed by atoms with van der Waals surface area (Å²) >= 11 is 0. The molecule has 1 aliphatic carbocycles. The molecule has 0 fully saturated rings. The lowest BCUT2D eigenvalue weighted by atomic mass is 9.85. The highest BCUT2D eigenvalue weighted by Crippen LogP contribution is 2.41. The molecule has 0 saturated heterocycles. The number of carbonyl (C=O) groups excluding carboxylic acids is 6. The molecule has 1 aromatic rings. The van der Waals surface area contributed by atoms with Crippen molar-refractivity contribution in [3.8, 4) is 11.5 Å². The number of ether oxygens (including phenoxy) is 6. The summed E-state index contributed by atoms with van der Waals surface area (Å²) in [7, 11) is 2.73. The first-order valence-corrected chi connectivity index (χ1v) is 29.5. The van der Waals surface area contributed by atoms with E-state index < -0.39 is 104 Å². The molecule has 2 heterocycles. The van der Waals surface area contributed by atoms with Gasteiger partial charge < -0.3 is 91.7 Å². The number of nitrogens with one attached hydrogen (secondary N) is 3. The molecule has 1 aromatic carbocycles. The van der Waals surface area contributed by atoms with Crippen LogP contribution in [0, 0.1) is 23.7 Å². The lowest BCUT2D eigenvalue weighted by molar-refractivity contribution is -0.644. The number of hydrogen-bond donors (Lipinski definition) is 10. The Morgan fingerprint density at radius 3 is 1.61 bits per heavy atom. The predicted octanol–water partition coefficient (Wildman–Crippen LogP) is 5.93. The van der Waals surface area contributed by atoms with Gasteiger partial charge in [-0.05, 0) is 87.0 Å². The van der Waals surface area contributed by atoms with Crippen LogP contribution in [-0.2, 0) is 63.3 Å². The maximum atomic E-state index is 13.5. The van der Waals surface area contributed by atoms with Gasteiger partial charge in [-0.15, -0.1) is 6.58 Å². The number of methoxy groups -OCH3 is 4. The highest BCUT2D eigenvalue weighted by molar-refractivity contribution is 7.30. The Labute approximate surface area is 544 Å². The number of fused-ring (bicyclic) bond motifs is 4. The van der Waals surface area contributed by atoms with Crippen LogP contribution in [0.15, 0.2) is 125 Å². The molecule has 0 aromatic heterocycles. The maximum absolute atomic E-state index is 13.5. The number of nitrogens with two attached hydrogens (primary N) is 3. The summed E-state index contributed by atoms with van der Waals surface area (Å²) in [6.45, 7) is 22.2. The second-order valence-electron chi connectivity index (χ2n) is 21.6. The predicted molar refractivity (Wildman–Crippen MR) is 349 cm³/mol. The van der Waals surface area contributed by atoms with E-state index in [4.69, 9.17) is 54.6 Å². The van der Waals surface area contributed by atoms with Crippen molar-refractivity contribution in [3.05, 3.63) is 131 Å². The molecule has 0 radical (unpaired) electrons. The van der Waals surface area contributed by atoms with Crippen molar-refractivity contribution in [2.24, 2.45) is 35.1 Å². The SMILES string of the molecule is C.C.C.C=CCNC1=C2C[C@@H](C)C[C@H](OC)[C@H](O)[C@@H](C)/C=C(\C)[C@H](OC(N)=O)[C@@H](OC)/C=C\C=C(/C)C(=O)NC(=CC1=O)C2=O.C=CC[NH2+]c1c(O)cc2c(O)c1C[C@@H](C)C[C@H](OC)[C@H](O)[C@@H](C)/C=C(\C)[C@H](OC(N)=O)[C@@H](OC)/C=C\C=C(/C)C(=O)N2.O=[P+]([O-])O[O-].[HH]. The van der Waals surface area contributed by atoms with Crippen LogP contribution in [0.1, 0.15) is 104 Å². The molecule has 27 heteroatoms. The third kappa shape index (κ3) is 27.0. The Hall–Kier alpha value is -7.46. The molecule has 13 atom stereocenters. The van der Waals surface area contributed by atoms with Crippen molar-refractivity contribution in [2.45, 2.75) is 152 Å². The van der Waals surface area contributed by atoms with Gasteiger partial charge in [0.15, 0.2) is 23.6 Å². The minimum Gasteiger partial charge on any atom is -0.674 e. The smallest absolute Gasteiger partial charge is 0.479 e. The van der Waals surface area contributed by atoms with Crippen molar-refractivity contribution in [2.75, 3.05) is 46.8 Å². The van der Waals surface area contributed by atoms with Crippen LogP contribution < -0.4 is 42.9 Å². The van der Waals surface area contributed by atoms with Crippen molar-refractivity contribution in [3.63, 3.8) is 0 Å². The fourth-order valence-electron chi connectivity index (χ4n) is 10.0. The average molecular weight is 1320 g/mol. The molecule has 518 valence electrons. The van der Waals surface area contributed by atoms with Crippen molar-refractivity contribution in [1.29, 1.82) is 0 Å². The van der Waals surface area contributed by atoms with Crippen molar-refractivity contribution in [1.82, 2.24) is 10.6 Å². The number of aliphatic hydroxyl groups excluding tert-OH is 2. The molecule has 13 N–H and O–H groups in total. The number of hydrogen-bond acceptors (Lipinski definition) is 21. The van der Waals surface area contributed by atoms with Crippen LogP contribution in [0.5, 0.6) is 11.5 Å². The first kappa shape index (κ1) is 86.6. The number of carbonyl (C=O) groups is 6. The summed E-state index contributed by atoms with van der Waals surface area (Å²) in [5, 5.41) is 63.1. The number of Topliss-reactive ketones (excluding diaryl/α,β-unsaturated/α-hetero) is 1. The number of quaternary nitrogens is 1. The van der Waals surface area contributed by atoms with E-state index in [1.165, 1.54) is 46.7 Å². The van der Waals surface area contributed by atoms with Crippen LogP contribution >= 0.6 is 8.25 Å². The number of phenolic OH excluding ortho intramolecular Hbond substituents is 2. The molecule has 4 amide bonds. The van der Waals surface area contributed by atoms with Crippen LogP contribution in [-0.4, -0.2) is 146 Å². The van der Waals surface area contributed by atoms with Crippen LogP contribution in [0.4, 0.5) is 21.0 Å². The van der Waals surface area contributed by atoms with E-state index in [0.29, 0.717) is 53.8 Å². The Morgan fingerprint density at radius 2 is 1.21 bits per heavy atom. The summed E-state index contributed by atoms with van der Waals surface area (Å²) in [6.07, 6.45) is 10.1. The quantitative estimate of drug-likeness (QED) is 0.0160. The van der Waals surface area contributed by atoms with Gasteiger partial charge in [-0.25, -0.2) is 14.3 Å². The summed E-state index contributed by atoms with van der Waals surface area (Å²) in [6, 6.07) is 1.31. The van der Waals surface area contributed by atoms with E-state index in [1.54, 1.807) is 88.5 Å². The van der Waals surface area contributed by atoms with Gasteiger partial charge in [0.25, 0.3) is 11.8 Å². The van der Waals surface area contributed by atoms with E-state index in [0.717, 1.165) is 6.08 Å². The van der Waals surface area contributed by atoms with Gasteiger partial charge in [0.05, 0.1) is 53.6 Å². The number of benzene rings is 1. The number of aliphatic hydroxyl groups is 2. The van der Waals surface area contributed by atoms with Gasteiger partial charge in [-0.1, -0.05) is 111 Å². The molecular formula is C65H103N6O20P. The Kier molecular flexibility index (Phi) is 40.8. The molecule has 4 bridgehead atoms. The fourth-order valence-corrected chi connectivity index (χ4v) is 10.0. The summed E-state index contributed by atoms with van der Waals surface area (Å²) in [4.78, 5) is 84.9. The lowest BCUT2D eigenvalue weighted by Crippen LogP contribution is -2.78. The Bertz CT molecular complexity index is 2940. The van der Waals surface area contributed by atoms with Crippen LogP contribution in [0.3, 0.4) is 0 Å². The number of rotatable bonds is 13. The number of phenols is 2. The second kappa shape index (κ2) is 43.4. The largest absolute Gasteiger partial charge is 0.674 e. The molecule has 1 unspecified atom stereocenters. The molecule has 0 saturated carbocycles. The normalized spacial score (nSPS) is 28.4. The van der Waals surface area contributed by atoms with Gasteiger partial charge >= 0.3 is 20.4 Å². The molecule has 26 nitrogen and oxygen atoms in total. The van der Waals surface area contributed by atoms with E-state index in [9.17, 15) is 49.2 Å². The summed E-state index contributed by atoms with van der Waals surface area (Å²) < 4.78 is 44.5. The summed E-state index contributed by atoms with van der Waals surface area (Å²) in [5.74, 6) is -3.43. The van der Waals surface area contributed by atoms with E-state index in [-0.39, 0.29) is 88.2 Å². The third-order valence-electron chi connectivity index (χ3n) is 14.6. The zero-order valence-electron chi connectivity index (χ0n) is 52.5. The maximum Gasteiger partial charge on any atom is 0.479 e. The number of amides is 4. The van der Waals surface area contributed by atoms with Crippen molar-refractivity contribution < 1.29 is 104 Å². The highest BCUT2D eigenvalue weighted by atomic mass is 31.1. The molecule has 4 rings (SSSR count). The Morgan fingerprint density at radius 1 is 0.761 bits per heavy atom. The number of anilines is 1. The molecule has 92 heavy (non-hydrogen) atoms. The zero-order valence-corrected chi connectivity index (χ0v) is 53.4. The second-order valence-corrected chi connectivity index (χ2v) is 22.2. The summed E-state index contributed by atoms with van der Waals surface area (Å²) in [5.41, 5.74) is 13.6. The van der Waals surface area contributed by atoms with Crippen LogP contribution in [0.25, 0.3) is 0 Å². The van der Waals surface area contributed by atoms with E-state index in [2.05, 4.69) is 33.8 Å². The number of primary amides is 2. The van der Waals surface area contributed by atoms with Gasteiger partial charge in [0, 0.05) is 77.1 Å². The number of allylic oxidation sites excluding steroid dienone is 6. The van der Waals surface area contributed by atoms with Gasteiger partial charge in [0.1, 0.15) is 18.0 Å². The standard InChI is InChI=1S/C31H45N3O8.C31H43N3O8.3CH4.HO4P.H2/c2*1-8-12-33-26-21-13-17(2)14-25(41-7)27(36)19(4)15-20(5)29(42-31(32)39)24(40-6)11-9-10-18(3)30(38)34-22(28(21)37)16-23(26)35;;;;1-4-5(2)3;/h8-11,15-17,19,24-25,27,29,33,35-37H,1,12-14H2,2-7H3,(H2,32,39)(H,34,38);8-11,15-17,19,24-25,27,29,33,36H,1,12-14H2,2-7H3,(H2,32,39)(H,34,38);3*1H4;1H;1H/b2*11-9-,18-10+,20-15+;;;;;/t2*17-,19+,24+,25+,27-,29+;;;;;/m11...../s1. The average Bonchev–Trinajstić information content (AvgIpc) is 1.02. The molecule has 3 aliphatic rings. The zero-order chi connectivity index (χ0) is 67.4. The first-order valence-electron chi connectivity index (χ1n) is 28.4. The van der Waals surface area contributed by atoms with Crippen molar-refractivity contribution >= 4 is 55.2 Å². The van der Waals surface area contributed by atoms with Crippen LogP contribution in [0.2, 0.25) is 0 Å². The monoisotopic (exact) mass is 1320 g/mol. The van der Waals surface area contributed by atoms with Gasteiger partial charge in [0.2, 0.25) is 11.6 Å². The Balaban J connectivity index is -0.00000156. The van der Waals surface area contributed by atoms with Gasteiger partial charge in [-0.2, -0.15) is 0 Å². The number of ketones is 2. The topological polar surface area (TPSA) is 416 Å². The minimum absolute atomic E-state index is 0. The number of aromatic hydroxyl groups is 2. The van der Waals surface area contributed by atoms with E-state index >= 15 is 0 Å². The molecule has 0 spiro atoms. The lowest BCUT2D eigenvalue weighted by Gasteiger charge is -2.30. The third-order valence-corrected chi connectivity index (χ3v) is 14.8.